The second-order valence-electron chi connectivity index (χ2n) is 4.01. The van der Waals surface area contributed by atoms with Crippen molar-refractivity contribution in [3.05, 3.63) is 0 Å². The monoisotopic (exact) mass is 267 g/mol. The predicted octanol–water partition coefficient (Wildman–Crippen LogP) is 1.12. The van der Waals surface area contributed by atoms with E-state index in [1.165, 1.54) is 13.8 Å². The van der Waals surface area contributed by atoms with E-state index < -0.39 is 5.79 Å². The zero-order valence-corrected chi connectivity index (χ0v) is 12.9. The van der Waals surface area contributed by atoms with Crippen LogP contribution in [0.3, 0.4) is 0 Å². The molecule has 5 heteroatoms. The Balaban J connectivity index is -0.000000270. The second-order valence-corrected chi connectivity index (χ2v) is 4.01. The van der Waals surface area contributed by atoms with Crippen LogP contribution in [0.5, 0.6) is 0 Å². The van der Waals surface area contributed by atoms with Gasteiger partial charge in [-0.3, -0.25) is 0 Å². The molecule has 0 aromatic carbocycles. The Bertz CT molecular complexity index is 123. The summed E-state index contributed by atoms with van der Waals surface area (Å²) in [5.41, 5.74) is 0. The zero-order valence-electron chi connectivity index (χ0n) is 12.9. The Morgan fingerprint density at radius 1 is 1.22 bits per heavy atom. The van der Waals surface area contributed by atoms with Crippen molar-refractivity contribution in [1.29, 1.82) is 0 Å². The van der Waals surface area contributed by atoms with Crippen molar-refractivity contribution in [2.45, 2.75) is 59.4 Å². The molecule has 0 bridgehead atoms. The lowest BCUT2D eigenvalue weighted by atomic mass is 10.2. The molecule has 0 spiro atoms. The molecular weight excluding hydrogens is 234 g/mol. The third-order valence-electron chi connectivity index (χ3n) is 1.62. The zero-order chi connectivity index (χ0) is 15.0. The normalized spacial score (nSPS) is 11.8. The van der Waals surface area contributed by atoms with Gasteiger partial charge in [0.25, 0.3) is 0 Å². The molecule has 0 aliphatic heterocycles. The molecular formula is C13H33NO4. The van der Waals surface area contributed by atoms with Crippen molar-refractivity contribution in [1.82, 2.24) is 5.32 Å². The fourth-order valence-electron chi connectivity index (χ4n) is 0.930. The molecule has 0 fully saturated rings. The number of aliphatic hydroxyl groups is 3. The number of ether oxygens (including phenoxy) is 1. The van der Waals surface area contributed by atoms with Gasteiger partial charge in [0.2, 0.25) is 0 Å². The summed E-state index contributed by atoms with van der Waals surface area (Å²) in [6.07, 6.45) is 2.34. The Morgan fingerprint density at radius 3 is 1.94 bits per heavy atom. The minimum Gasteiger partial charge on any atom is -0.394 e. The highest BCUT2D eigenvalue weighted by molar-refractivity contribution is 4.56. The van der Waals surface area contributed by atoms with Gasteiger partial charge in [-0.05, 0) is 40.3 Å². The summed E-state index contributed by atoms with van der Waals surface area (Å²) in [6, 6.07) is 0. The van der Waals surface area contributed by atoms with E-state index in [9.17, 15) is 0 Å². The lowest BCUT2D eigenvalue weighted by Gasteiger charge is -2.14. The Hall–Kier alpha value is -0.200. The maximum atomic E-state index is 8.50. The van der Waals surface area contributed by atoms with Crippen LogP contribution < -0.4 is 5.32 Å². The maximum Gasteiger partial charge on any atom is 0.156 e. The topological polar surface area (TPSA) is 82.0 Å². The first-order valence-electron chi connectivity index (χ1n) is 6.66. The average Bonchev–Trinajstić information content (AvgIpc) is 2.30. The minimum atomic E-state index is -1.50. The molecule has 0 aromatic rings. The van der Waals surface area contributed by atoms with E-state index >= 15 is 0 Å². The molecule has 18 heavy (non-hydrogen) atoms. The van der Waals surface area contributed by atoms with Crippen molar-refractivity contribution >= 4 is 0 Å². The van der Waals surface area contributed by atoms with Crippen LogP contribution in [0.4, 0.5) is 0 Å². The van der Waals surface area contributed by atoms with Crippen LogP contribution in [0, 0.1) is 0 Å². The first kappa shape index (κ1) is 22.9. The van der Waals surface area contributed by atoms with Gasteiger partial charge >= 0.3 is 0 Å². The summed E-state index contributed by atoms with van der Waals surface area (Å²) < 4.78 is 5.35. The van der Waals surface area contributed by atoms with Crippen LogP contribution in [0.15, 0.2) is 0 Å². The number of rotatable bonds is 7. The molecule has 5 nitrogen and oxygen atoms in total. The molecule has 0 saturated heterocycles. The standard InChI is InChI=1S/C8H19NO2.C3H8O2.C2H6/c1-3-8(4-5-9-2)11-7-6-10;1-3(2,4)5;1-2/h8-10H,3-7H2,1-2H3;4-5H,1-2H3;1-2H3. The van der Waals surface area contributed by atoms with Crippen molar-refractivity contribution in [2.75, 3.05) is 26.8 Å². The molecule has 4 N–H and O–H groups in total. The third kappa shape index (κ3) is 36.0. The molecule has 0 heterocycles. The summed E-state index contributed by atoms with van der Waals surface area (Å²) in [5, 5.41) is 27.7. The molecule has 0 amide bonds. The van der Waals surface area contributed by atoms with E-state index in [1.54, 1.807) is 0 Å². The van der Waals surface area contributed by atoms with Gasteiger partial charge in [-0.15, -0.1) is 0 Å². The fraction of sp³-hybridized carbons (Fsp3) is 1.00. The maximum absolute atomic E-state index is 8.50. The van der Waals surface area contributed by atoms with Crippen LogP contribution in [-0.4, -0.2) is 54.0 Å². The summed E-state index contributed by atoms with van der Waals surface area (Å²) in [5.74, 6) is -1.50. The van der Waals surface area contributed by atoms with Gasteiger partial charge in [0, 0.05) is 0 Å². The van der Waals surface area contributed by atoms with Crippen LogP contribution in [0.2, 0.25) is 0 Å². The van der Waals surface area contributed by atoms with Gasteiger partial charge in [0.1, 0.15) is 0 Å². The van der Waals surface area contributed by atoms with Crippen molar-refractivity contribution in [3.63, 3.8) is 0 Å². The van der Waals surface area contributed by atoms with Gasteiger partial charge < -0.3 is 25.4 Å². The van der Waals surface area contributed by atoms with E-state index in [2.05, 4.69) is 12.2 Å². The molecule has 0 radical (unpaired) electrons. The van der Waals surface area contributed by atoms with E-state index in [1.807, 2.05) is 20.9 Å². The van der Waals surface area contributed by atoms with Crippen molar-refractivity contribution in [3.8, 4) is 0 Å². The summed E-state index contributed by atoms with van der Waals surface area (Å²) in [4.78, 5) is 0. The molecule has 114 valence electrons. The quantitative estimate of drug-likeness (QED) is 0.520. The first-order valence-corrected chi connectivity index (χ1v) is 6.66. The number of nitrogens with one attached hydrogen (secondary N) is 1. The number of aliphatic hydroxyl groups excluding tert-OH is 1. The average molecular weight is 267 g/mol. The van der Waals surface area contributed by atoms with Crippen molar-refractivity contribution in [2.24, 2.45) is 0 Å². The molecule has 0 aromatic heterocycles. The summed E-state index contributed by atoms with van der Waals surface area (Å²) >= 11 is 0. The largest absolute Gasteiger partial charge is 0.394 e. The van der Waals surface area contributed by atoms with Crippen LogP contribution in [0.25, 0.3) is 0 Å². The van der Waals surface area contributed by atoms with Crippen molar-refractivity contribution < 1.29 is 20.1 Å². The van der Waals surface area contributed by atoms with Gasteiger partial charge in [0.05, 0.1) is 19.3 Å². The third-order valence-corrected chi connectivity index (χ3v) is 1.62. The fourth-order valence-corrected chi connectivity index (χ4v) is 0.930. The van der Waals surface area contributed by atoms with Crippen LogP contribution in [0.1, 0.15) is 47.5 Å². The molecule has 0 aliphatic rings. The molecule has 0 rings (SSSR count). The molecule has 0 saturated carbocycles. The lowest BCUT2D eigenvalue weighted by Crippen LogP contribution is -2.20. The first-order chi connectivity index (χ1) is 8.35. The smallest absolute Gasteiger partial charge is 0.156 e. The Kier molecular flexibility index (Phi) is 21.4. The number of hydrogen-bond acceptors (Lipinski definition) is 5. The summed E-state index contributed by atoms with van der Waals surface area (Å²) in [6.45, 7) is 10.2. The Morgan fingerprint density at radius 2 is 1.67 bits per heavy atom. The van der Waals surface area contributed by atoms with E-state index in [4.69, 9.17) is 20.1 Å². The second kappa shape index (κ2) is 16.8. The highest BCUT2D eigenvalue weighted by Gasteiger charge is 2.03. The van der Waals surface area contributed by atoms with Gasteiger partial charge in [-0.25, -0.2) is 0 Å². The van der Waals surface area contributed by atoms with Crippen LogP contribution in [-0.2, 0) is 4.74 Å². The molecule has 1 atom stereocenters. The molecule has 1 unspecified atom stereocenters. The van der Waals surface area contributed by atoms with E-state index in [0.717, 1.165) is 19.4 Å². The molecule has 0 aliphatic carbocycles. The van der Waals surface area contributed by atoms with Crippen LogP contribution >= 0.6 is 0 Å². The van der Waals surface area contributed by atoms with E-state index in [-0.39, 0.29) is 6.61 Å². The number of hydrogen-bond donors (Lipinski definition) is 4. The van der Waals surface area contributed by atoms with Gasteiger partial charge in [-0.1, -0.05) is 20.8 Å². The lowest BCUT2D eigenvalue weighted by molar-refractivity contribution is -0.127. The predicted molar refractivity (Wildman–Crippen MR) is 75.5 cm³/mol. The van der Waals surface area contributed by atoms with Gasteiger partial charge in [-0.2, -0.15) is 0 Å². The highest BCUT2D eigenvalue weighted by Crippen LogP contribution is 2.01. The summed E-state index contributed by atoms with van der Waals surface area (Å²) in [7, 11) is 1.93. The highest BCUT2D eigenvalue weighted by atomic mass is 16.5. The van der Waals surface area contributed by atoms with Gasteiger partial charge in [0.15, 0.2) is 5.79 Å². The Labute approximate surface area is 112 Å². The SMILES string of the molecule is CC.CC(C)(O)O.CCC(CCNC)OCCO. The minimum absolute atomic E-state index is 0.121. The van der Waals surface area contributed by atoms with E-state index in [0.29, 0.717) is 12.7 Å².